The summed E-state index contributed by atoms with van der Waals surface area (Å²) in [7, 11) is 2.63. The van der Waals surface area contributed by atoms with Crippen LogP contribution in [0.1, 0.15) is 10.4 Å². The van der Waals surface area contributed by atoms with E-state index in [-0.39, 0.29) is 22.7 Å². The van der Waals surface area contributed by atoms with Crippen LogP contribution >= 0.6 is 0 Å². The van der Waals surface area contributed by atoms with Crippen LogP contribution in [-0.4, -0.2) is 24.9 Å². The number of benzene rings is 1. The van der Waals surface area contributed by atoms with E-state index in [1.54, 1.807) is 0 Å². The largest absolute Gasteiger partial charge is 0.493 e. The predicted octanol–water partition coefficient (Wildman–Crippen LogP) is 1.98. The van der Waals surface area contributed by atoms with Crippen molar-refractivity contribution >= 4 is 11.5 Å². The molecule has 0 saturated carbocycles. The highest BCUT2D eigenvalue weighted by molar-refractivity contribution is 6.05. The van der Waals surface area contributed by atoms with Crippen LogP contribution in [0.3, 0.4) is 0 Å². The highest BCUT2D eigenvalue weighted by Gasteiger charge is 2.22. The Hall–Kier alpha value is -2.37. The minimum atomic E-state index is -0.638. The van der Waals surface area contributed by atoms with Crippen LogP contribution in [0.25, 0.3) is 0 Å². The van der Waals surface area contributed by atoms with E-state index in [4.69, 9.17) is 9.47 Å². The lowest BCUT2D eigenvalue weighted by molar-refractivity contribution is -0.385. The first kappa shape index (κ1) is 12.7. The molecular formula is C11H11NO5. The Bertz CT molecular complexity index is 481. The highest BCUT2D eigenvalue weighted by Crippen LogP contribution is 2.38. The number of ether oxygens (including phenoxy) is 2. The summed E-state index contributed by atoms with van der Waals surface area (Å²) < 4.78 is 9.84. The van der Waals surface area contributed by atoms with Crippen molar-refractivity contribution in [3.8, 4) is 11.5 Å². The zero-order chi connectivity index (χ0) is 13.0. The monoisotopic (exact) mass is 237 g/mol. The Morgan fingerprint density at radius 3 is 2.47 bits per heavy atom. The van der Waals surface area contributed by atoms with Gasteiger partial charge in [0.05, 0.1) is 19.1 Å². The fourth-order valence-corrected chi connectivity index (χ4v) is 1.34. The number of rotatable bonds is 5. The van der Waals surface area contributed by atoms with E-state index in [1.807, 2.05) is 0 Å². The molecule has 0 unspecified atom stereocenters. The molecule has 1 rings (SSSR count). The first-order chi connectivity index (χ1) is 8.04. The molecule has 0 heterocycles. The molecule has 6 nitrogen and oxygen atoms in total. The van der Waals surface area contributed by atoms with Crippen molar-refractivity contribution in [2.75, 3.05) is 14.2 Å². The van der Waals surface area contributed by atoms with E-state index >= 15 is 0 Å². The van der Waals surface area contributed by atoms with Crippen molar-refractivity contribution in [2.45, 2.75) is 0 Å². The molecule has 0 radical (unpaired) electrons. The van der Waals surface area contributed by atoms with Crippen LogP contribution in [-0.2, 0) is 0 Å². The third kappa shape index (κ3) is 2.41. The van der Waals surface area contributed by atoms with Gasteiger partial charge in [-0.15, -0.1) is 0 Å². The maximum atomic E-state index is 11.4. The Morgan fingerprint density at radius 1 is 1.41 bits per heavy atom. The molecule has 0 atom stereocenters. The van der Waals surface area contributed by atoms with Gasteiger partial charge in [0.2, 0.25) is 5.75 Å². The van der Waals surface area contributed by atoms with E-state index in [0.717, 1.165) is 12.1 Å². The van der Waals surface area contributed by atoms with Crippen LogP contribution in [0.5, 0.6) is 11.5 Å². The van der Waals surface area contributed by atoms with Gasteiger partial charge < -0.3 is 9.47 Å². The number of nitro groups is 1. The minimum absolute atomic E-state index is 0.0156. The molecule has 0 N–H and O–H groups in total. The van der Waals surface area contributed by atoms with Crippen molar-refractivity contribution in [2.24, 2.45) is 0 Å². The number of allylic oxidation sites excluding steroid dienone is 1. The molecule has 0 saturated heterocycles. The average Bonchev–Trinajstić information content (AvgIpc) is 2.35. The zero-order valence-corrected chi connectivity index (χ0v) is 9.43. The number of nitro benzene ring substituents is 1. The summed E-state index contributed by atoms with van der Waals surface area (Å²) in [6.07, 6.45) is 1.07. The van der Waals surface area contributed by atoms with Gasteiger partial charge in [0.1, 0.15) is 0 Å². The molecule has 90 valence electrons. The number of carbonyl (C=O) groups excluding carboxylic acids is 1. The quantitative estimate of drug-likeness (QED) is 0.338. The van der Waals surface area contributed by atoms with Crippen LogP contribution < -0.4 is 9.47 Å². The normalized spacial score (nSPS) is 9.53. The van der Waals surface area contributed by atoms with Crippen LogP contribution in [0, 0.1) is 10.1 Å². The van der Waals surface area contributed by atoms with Gasteiger partial charge in [-0.2, -0.15) is 0 Å². The molecule has 0 aliphatic heterocycles. The topological polar surface area (TPSA) is 78.7 Å². The summed E-state index contributed by atoms with van der Waals surface area (Å²) in [5.74, 6) is -0.306. The zero-order valence-electron chi connectivity index (χ0n) is 9.43. The van der Waals surface area contributed by atoms with Gasteiger partial charge in [-0.25, -0.2) is 0 Å². The lowest BCUT2D eigenvalue weighted by Crippen LogP contribution is -2.01. The maximum Gasteiger partial charge on any atom is 0.315 e. The number of methoxy groups -OCH3 is 2. The number of nitrogens with zero attached hydrogens (tertiary/aromatic N) is 1. The van der Waals surface area contributed by atoms with Gasteiger partial charge in [0, 0.05) is 11.6 Å². The first-order valence-corrected chi connectivity index (χ1v) is 4.62. The van der Waals surface area contributed by atoms with E-state index in [2.05, 4.69) is 6.58 Å². The molecule has 0 fully saturated rings. The number of hydrogen-bond donors (Lipinski definition) is 0. The van der Waals surface area contributed by atoms with Crippen molar-refractivity contribution in [3.05, 3.63) is 40.5 Å². The second kappa shape index (κ2) is 5.11. The van der Waals surface area contributed by atoms with Gasteiger partial charge >= 0.3 is 5.69 Å². The Morgan fingerprint density at radius 2 is 2.06 bits per heavy atom. The van der Waals surface area contributed by atoms with Gasteiger partial charge in [-0.1, -0.05) is 6.58 Å². The highest BCUT2D eigenvalue weighted by atomic mass is 16.6. The minimum Gasteiger partial charge on any atom is -0.493 e. The molecule has 0 spiro atoms. The average molecular weight is 237 g/mol. The van der Waals surface area contributed by atoms with Crippen molar-refractivity contribution in [3.63, 3.8) is 0 Å². The summed E-state index contributed by atoms with van der Waals surface area (Å²) in [5, 5.41) is 10.8. The molecule has 0 bridgehead atoms. The van der Waals surface area contributed by atoms with Crippen LogP contribution in [0.15, 0.2) is 24.8 Å². The maximum absolute atomic E-state index is 11.4. The standard InChI is InChI=1S/C11H11NO5/c1-4-9(13)7-5-8(12(14)15)11(17-3)10(6-7)16-2/h4-6H,1H2,2-3H3. The van der Waals surface area contributed by atoms with Crippen molar-refractivity contribution in [1.82, 2.24) is 0 Å². The molecule has 0 aliphatic rings. The van der Waals surface area contributed by atoms with Crippen LogP contribution in [0.4, 0.5) is 5.69 Å². The van der Waals surface area contributed by atoms with Gasteiger partial charge in [-0.3, -0.25) is 14.9 Å². The Balaban J connectivity index is 3.50. The summed E-state index contributed by atoms with van der Waals surface area (Å²) in [4.78, 5) is 21.6. The van der Waals surface area contributed by atoms with Gasteiger partial charge in [0.15, 0.2) is 11.5 Å². The summed E-state index contributed by atoms with van der Waals surface area (Å²) in [6.45, 7) is 3.32. The van der Waals surface area contributed by atoms with Gasteiger partial charge in [0.25, 0.3) is 0 Å². The molecule has 1 aromatic rings. The first-order valence-electron chi connectivity index (χ1n) is 4.62. The molecule has 6 heteroatoms. The van der Waals surface area contributed by atoms with E-state index in [1.165, 1.54) is 20.3 Å². The third-order valence-electron chi connectivity index (χ3n) is 2.13. The Labute approximate surface area is 97.6 Å². The van der Waals surface area contributed by atoms with E-state index in [9.17, 15) is 14.9 Å². The lowest BCUT2D eigenvalue weighted by Gasteiger charge is -2.09. The summed E-state index contributed by atoms with van der Waals surface area (Å²) in [5.41, 5.74) is -0.193. The number of carbonyl (C=O) groups is 1. The second-order valence-electron chi connectivity index (χ2n) is 3.06. The molecular weight excluding hydrogens is 226 g/mol. The SMILES string of the molecule is C=CC(=O)c1cc(OC)c(OC)c([N+](=O)[O-])c1. The second-order valence-corrected chi connectivity index (χ2v) is 3.06. The van der Waals surface area contributed by atoms with E-state index < -0.39 is 10.7 Å². The molecule has 1 aromatic carbocycles. The molecule has 0 amide bonds. The third-order valence-corrected chi connectivity index (χ3v) is 2.13. The Kier molecular flexibility index (Phi) is 3.82. The number of hydrogen-bond acceptors (Lipinski definition) is 5. The fourth-order valence-electron chi connectivity index (χ4n) is 1.34. The molecule has 0 aromatic heterocycles. The molecule has 17 heavy (non-hydrogen) atoms. The van der Waals surface area contributed by atoms with E-state index in [0.29, 0.717) is 0 Å². The summed E-state index contributed by atoms with van der Waals surface area (Å²) in [6, 6.07) is 2.50. The fraction of sp³-hybridized carbons (Fsp3) is 0.182. The smallest absolute Gasteiger partial charge is 0.315 e. The number of ketones is 1. The van der Waals surface area contributed by atoms with Crippen molar-refractivity contribution < 1.29 is 19.2 Å². The van der Waals surface area contributed by atoms with Crippen molar-refractivity contribution in [1.29, 1.82) is 0 Å². The molecule has 0 aliphatic carbocycles. The van der Waals surface area contributed by atoms with Gasteiger partial charge in [-0.05, 0) is 12.1 Å². The van der Waals surface area contributed by atoms with Crippen LogP contribution in [0.2, 0.25) is 0 Å². The predicted molar refractivity (Wildman–Crippen MR) is 60.7 cm³/mol. The lowest BCUT2D eigenvalue weighted by atomic mass is 10.1. The summed E-state index contributed by atoms with van der Waals surface area (Å²) >= 11 is 0.